The molecule has 0 heterocycles. The summed E-state index contributed by atoms with van der Waals surface area (Å²) in [6, 6.07) is 3.07. The number of hydrogen-bond acceptors (Lipinski definition) is 2. The Morgan fingerprint density at radius 2 is 1.75 bits per heavy atom. The molecule has 1 rings (SSSR count). The summed E-state index contributed by atoms with van der Waals surface area (Å²) < 4.78 is 9.86. The first kappa shape index (κ1) is 9.00. The second kappa shape index (κ2) is 3.54. The molecule has 3 nitrogen and oxygen atoms in total. The van der Waals surface area contributed by atoms with Crippen LogP contribution in [-0.2, 0) is 0 Å². The van der Waals surface area contributed by atoms with Crippen LogP contribution in [0.3, 0.4) is 0 Å². The molecule has 0 bridgehead atoms. The van der Waals surface area contributed by atoms with Crippen molar-refractivity contribution in [3.63, 3.8) is 0 Å². The predicted octanol–water partition coefficient (Wildman–Crippen LogP) is 2.27. The van der Waals surface area contributed by atoms with Gasteiger partial charge in [-0.2, -0.15) is 0 Å². The highest BCUT2D eigenvalue weighted by molar-refractivity contribution is 6.32. The lowest BCUT2D eigenvalue weighted by Crippen LogP contribution is -1.89. The lowest BCUT2D eigenvalue weighted by atomic mass is 10.3. The number of methoxy groups -OCH3 is 2. The topological polar surface area (TPSA) is 42.3 Å². The molecule has 1 radical (unpaired) electrons. The van der Waals surface area contributed by atoms with Crippen molar-refractivity contribution in [3.8, 4) is 11.5 Å². The molecule has 0 spiro atoms. The first-order valence-corrected chi connectivity index (χ1v) is 3.70. The fourth-order valence-electron chi connectivity index (χ4n) is 0.860. The zero-order valence-corrected chi connectivity index (χ0v) is 7.61. The van der Waals surface area contributed by atoms with Gasteiger partial charge in [0, 0.05) is 6.07 Å². The number of ether oxygens (including phenoxy) is 2. The molecule has 0 saturated heterocycles. The highest BCUT2D eigenvalue weighted by Gasteiger charge is 2.06. The summed E-state index contributed by atoms with van der Waals surface area (Å²) in [5, 5.41) is 0.420. The molecule has 0 aliphatic heterocycles. The minimum absolute atomic E-state index is 0.253. The first-order chi connectivity index (χ1) is 5.69. The third kappa shape index (κ3) is 1.56. The third-order valence-electron chi connectivity index (χ3n) is 1.47. The Hall–Kier alpha value is -1.09. The van der Waals surface area contributed by atoms with Crippen LogP contribution in [0.4, 0.5) is 5.69 Å². The maximum Gasteiger partial charge on any atom is 0.147 e. The first-order valence-electron chi connectivity index (χ1n) is 3.32. The number of hydrogen-bond donors (Lipinski definition) is 0. The fraction of sp³-hybridized carbons (Fsp3) is 0.250. The van der Waals surface area contributed by atoms with Gasteiger partial charge >= 0.3 is 0 Å². The van der Waals surface area contributed by atoms with Gasteiger partial charge in [-0.25, -0.2) is 0 Å². The molecule has 0 aliphatic rings. The summed E-state index contributed by atoms with van der Waals surface area (Å²) in [6.07, 6.45) is 0. The number of nitrogens with one attached hydrogen (secondary N) is 1. The van der Waals surface area contributed by atoms with Gasteiger partial charge in [0.05, 0.1) is 24.9 Å². The molecule has 0 fully saturated rings. The molecule has 1 N–H and O–H groups in total. The molecule has 1 aromatic carbocycles. The summed E-state index contributed by atoms with van der Waals surface area (Å²) >= 11 is 5.76. The summed E-state index contributed by atoms with van der Waals surface area (Å²) in [5.41, 5.74) is 7.67. The van der Waals surface area contributed by atoms with E-state index >= 15 is 0 Å². The van der Waals surface area contributed by atoms with Crippen LogP contribution in [0.2, 0.25) is 5.02 Å². The standard InChI is InChI=1S/C8H9ClNO2/c1-11-7-4-8(12-2)6(10)3-5(7)9/h3-4,10H,1-2H3. The Morgan fingerprint density at radius 3 is 2.25 bits per heavy atom. The van der Waals surface area contributed by atoms with Gasteiger partial charge in [0.1, 0.15) is 11.5 Å². The molecule has 12 heavy (non-hydrogen) atoms. The lowest BCUT2D eigenvalue weighted by Gasteiger charge is -2.07. The van der Waals surface area contributed by atoms with Crippen LogP contribution in [0, 0.1) is 0 Å². The maximum absolute atomic E-state index is 7.42. The van der Waals surface area contributed by atoms with Crippen LogP contribution in [0.1, 0.15) is 0 Å². The second-order valence-corrected chi connectivity index (χ2v) is 2.59. The zero-order chi connectivity index (χ0) is 9.14. The SMILES string of the molecule is COc1cc(OC)c(Cl)cc1[NH]. The van der Waals surface area contributed by atoms with Crippen LogP contribution < -0.4 is 15.2 Å². The van der Waals surface area contributed by atoms with E-state index in [0.717, 1.165) is 0 Å². The molecule has 0 saturated carbocycles. The van der Waals surface area contributed by atoms with Gasteiger partial charge in [0.25, 0.3) is 0 Å². The van der Waals surface area contributed by atoms with Crippen LogP contribution in [0.25, 0.3) is 0 Å². The molecular formula is C8H9ClNO2. The van der Waals surface area contributed by atoms with E-state index in [9.17, 15) is 0 Å². The quantitative estimate of drug-likeness (QED) is 0.711. The molecule has 0 aromatic heterocycles. The maximum atomic E-state index is 7.42. The van der Waals surface area contributed by atoms with Gasteiger partial charge in [-0.3, -0.25) is 5.73 Å². The number of benzene rings is 1. The average molecular weight is 187 g/mol. The highest BCUT2D eigenvalue weighted by atomic mass is 35.5. The largest absolute Gasteiger partial charge is 0.495 e. The number of halogens is 1. The molecule has 1 aromatic rings. The normalized spacial score (nSPS) is 9.58. The molecule has 0 unspecified atom stereocenters. The zero-order valence-electron chi connectivity index (χ0n) is 6.85. The van der Waals surface area contributed by atoms with Gasteiger partial charge in [-0.1, -0.05) is 11.6 Å². The second-order valence-electron chi connectivity index (χ2n) is 2.19. The van der Waals surface area contributed by atoms with Crippen molar-refractivity contribution in [1.29, 1.82) is 0 Å². The molecule has 0 atom stereocenters. The van der Waals surface area contributed by atoms with Crippen LogP contribution in [0.15, 0.2) is 12.1 Å². The van der Waals surface area contributed by atoms with Crippen LogP contribution in [0.5, 0.6) is 11.5 Å². The van der Waals surface area contributed by atoms with E-state index in [0.29, 0.717) is 16.5 Å². The Labute approximate surface area is 76.0 Å². The van der Waals surface area contributed by atoms with E-state index in [1.165, 1.54) is 20.3 Å². The van der Waals surface area contributed by atoms with Gasteiger partial charge < -0.3 is 9.47 Å². The van der Waals surface area contributed by atoms with Gasteiger partial charge in [-0.05, 0) is 6.07 Å². The Kier molecular flexibility index (Phi) is 2.65. The van der Waals surface area contributed by atoms with Crippen molar-refractivity contribution in [3.05, 3.63) is 17.2 Å². The summed E-state index contributed by atoms with van der Waals surface area (Å²) in [6.45, 7) is 0. The van der Waals surface area contributed by atoms with Gasteiger partial charge in [0.2, 0.25) is 0 Å². The monoisotopic (exact) mass is 186 g/mol. The van der Waals surface area contributed by atoms with Crippen molar-refractivity contribution in [2.24, 2.45) is 0 Å². The van der Waals surface area contributed by atoms with Crippen LogP contribution >= 0.6 is 11.6 Å². The van der Waals surface area contributed by atoms with Crippen LogP contribution in [-0.4, -0.2) is 14.2 Å². The Bertz CT molecular complexity index is 263. The van der Waals surface area contributed by atoms with E-state index in [1.54, 1.807) is 6.07 Å². The van der Waals surface area contributed by atoms with E-state index in [-0.39, 0.29) is 5.69 Å². The van der Waals surface area contributed by atoms with Crippen molar-refractivity contribution < 1.29 is 9.47 Å². The highest BCUT2D eigenvalue weighted by Crippen LogP contribution is 2.34. The van der Waals surface area contributed by atoms with E-state index < -0.39 is 0 Å². The minimum atomic E-state index is 0.253. The van der Waals surface area contributed by atoms with Crippen molar-refractivity contribution in [2.75, 3.05) is 14.2 Å². The minimum Gasteiger partial charge on any atom is -0.495 e. The van der Waals surface area contributed by atoms with Crippen molar-refractivity contribution >= 4 is 17.3 Å². The van der Waals surface area contributed by atoms with E-state index in [4.69, 9.17) is 26.8 Å². The van der Waals surface area contributed by atoms with Crippen molar-refractivity contribution in [2.45, 2.75) is 0 Å². The molecule has 0 aliphatic carbocycles. The molecule has 0 amide bonds. The van der Waals surface area contributed by atoms with Crippen molar-refractivity contribution in [1.82, 2.24) is 5.73 Å². The Balaban J connectivity index is 3.18. The predicted molar refractivity (Wildman–Crippen MR) is 47.3 cm³/mol. The van der Waals surface area contributed by atoms with Gasteiger partial charge in [-0.15, -0.1) is 0 Å². The fourth-order valence-corrected chi connectivity index (χ4v) is 1.10. The smallest absolute Gasteiger partial charge is 0.147 e. The number of rotatable bonds is 2. The molecule has 4 heteroatoms. The van der Waals surface area contributed by atoms with E-state index in [2.05, 4.69) is 0 Å². The third-order valence-corrected chi connectivity index (χ3v) is 1.77. The van der Waals surface area contributed by atoms with E-state index in [1.807, 2.05) is 0 Å². The van der Waals surface area contributed by atoms with Gasteiger partial charge in [0.15, 0.2) is 0 Å². The summed E-state index contributed by atoms with van der Waals surface area (Å²) in [4.78, 5) is 0. The average Bonchev–Trinajstić information content (AvgIpc) is 2.05. The summed E-state index contributed by atoms with van der Waals surface area (Å²) in [7, 11) is 3.02. The summed E-state index contributed by atoms with van der Waals surface area (Å²) in [5.74, 6) is 0.973. The molecule has 65 valence electrons. The molecular weight excluding hydrogens is 178 g/mol. The lowest BCUT2D eigenvalue weighted by molar-refractivity contribution is 0.395. The Morgan fingerprint density at radius 1 is 1.17 bits per heavy atom.